The van der Waals surface area contributed by atoms with Crippen LogP contribution < -0.4 is 0 Å². The molecule has 1 spiro atoms. The number of rotatable bonds is 3. The fourth-order valence-electron chi connectivity index (χ4n) is 2.53. The Morgan fingerprint density at radius 1 is 1.22 bits per heavy atom. The molecule has 0 radical (unpaired) electrons. The third-order valence-corrected chi connectivity index (χ3v) is 3.62. The molecule has 1 amide bonds. The van der Waals surface area contributed by atoms with Crippen LogP contribution in [0.3, 0.4) is 0 Å². The van der Waals surface area contributed by atoms with Gasteiger partial charge in [0.05, 0.1) is 12.0 Å². The average molecular weight is 247 g/mol. The van der Waals surface area contributed by atoms with Crippen LogP contribution >= 0.6 is 0 Å². The van der Waals surface area contributed by atoms with Crippen molar-refractivity contribution in [2.75, 3.05) is 13.1 Å². The summed E-state index contributed by atoms with van der Waals surface area (Å²) >= 11 is 0. The van der Waals surface area contributed by atoms with Gasteiger partial charge < -0.3 is 9.64 Å². The van der Waals surface area contributed by atoms with Gasteiger partial charge in [-0.05, 0) is 6.08 Å². The van der Waals surface area contributed by atoms with Crippen LogP contribution in [0.1, 0.15) is 19.3 Å². The predicted molar refractivity (Wildman–Crippen MR) is 67.7 cm³/mol. The first-order valence-electron chi connectivity index (χ1n) is 6.05. The first kappa shape index (κ1) is 12.6. The number of carbonyl (C=O) groups excluding carboxylic acids is 2. The van der Waals surface area contributed by atoms with Gasteiger partial charge in [0.25, 0.3) is 0 Å². The molecule has 2 rings (SSSR count). The summed E-state index contributed by atoms with van der Waals surface area (Å²) in [6.45, 7) is 8.57. The first-order chi connectivity index (χ1) is 8.64. The number of allylic oxidation sites excluding steroid dienone is 3. The zero-order valence-corrected chi connectivity index (χ0v) is 10.4. The lowest BCUT2D eigenvalue weighted by atomic mass is 9.82. The van der Waals surface area contributed by atoms with Crippen molar-refractivity contribution in [3.05, 3.63) is 36.6 Å². The largest absolute Gasteiger partial charge is 0.486 e. The second kappa shape index (κ2) is 4.80. The lowest BCUT2D eigenvalue weighted by Gasteiger charge is -2.43. The number of hydrogen-bond acceptors (Lipinski definition) is 3. The summed E-state index contributed by atoms with van der Waals surface area (Å²) in [5.41, 5.74) is 0.0422. The lowest BCUT2D eigenvalue weighted by molar-refractivity contribution is -0.131. The molecule has 0 aliphatic carbocycles. The normalized spacial score (nSPS) is 22.7. The molecule has 0 atom stereocenters. The summed E-state index contributed by atoms with van der Waals surface area (Å²) in [7, 11) is 0. The molecular formula is C14H17NO3. The van der Waals surface area contributed by atoms with Gasteiger partial charge in [0.2, 0.25) is 6.41 Å². The highest BCUT2D eigenvalue weighted by Gasteiger charge is 2.42. The fraction of sp³-hybridized carbons (Fsp3) is 0.429. The van der Waals surface area contributed by atoms with Crippen LogP contribution in [0, 0.1) is 0 Å². The summed E-state index contributed by atoms with van der Waals surface area (Å²) in [5.74, 6) is 0.562. The maximum absolute atomic E-state index is 12.1. The molecule has 0 N–H and O–H groups in total. The van der Waals surface area contributed by atoms with E-state index in [-0.39, 0.29) is 5.78 Å². The van der Waals surface area contributed by atoms with E-state index in [1.165, 1.54) is 6.08 Å². The minimum absolute atomic E-state index is 0.0469. The number of hydrogen-bond donors (Lipinski definition) is 0. The molecule has 1 fully saturated rings. The summed E-state index contributed by atoms with van der Waals surface area (Å²) < 4.78 is 5.96. The van der Waals surface area contributed by atoms with Gasteiger partial charge in [-0.1, -0.05) is 19.2 Å². The molecule has 96 valence electrons. The van der Waals surface area contributed by atoms with Crippen LogP contribution in [0.15, 0.2) is 36.6 Å². The van der Waals surface area contributed by atoms with Gasteiger partial charge in [0.1, 0.15) is 11.4 Å². The number of carbonyl (C=O) groups is 2. The highest BCUT2D eigenvalue weighted by atomic mass is 16.5. The molecule has 18 heavy (non-hydrogen) atoms. The van der Waals surface area contributed by atoms with Crippen molar-refractivity contribution < 1.29 is 14.3 Å². The van der Waals surface area contributed by atoms with Crippen molar-refractivity contribution in [3.8, 4) is 0 Å². The van der Waals surface area contributed by atoms with Crippen molar-refractivity contribution in [3.63, 3.8) is 0 Å². The molecule has 2 aliphatic heterocycles. The highest BCUT2D eigenvalue weighted by Crippen LogP contribution is 2.37. The second-order valence-electron chi connectivity index (χ2n) is 4.71. The van der Waals surface area contributed by atoms with Crippen LogP contribution in [0.5, 0.6) is 0 Å². The van der Waals surface area contributed by atoms with Crippen molar-refractivity contribution in [2.45, 2.75) is 24.9 Å². The van der Waals surface area contributed by atoms with E-state index in [4.69, 9.17) is 4.74 Å². The van der Waals surface area contributed by atoms with Gasteiger partial charge in [0.15, 0.2) is 5.78 Å². The van der Waals surface area contributed by atoms with E-state index < -0.39 is 5.60 Å². The number of Topliss-reactive ketones (excluding diaryl/α,β-unsaturated/α-hetero) is 1. The van der Waals surface area contributed by atoms with Crippen molar-refractivity contribution in [2.24, 2.45) is 0 Å². The smallest absolute Gasteiger partial charge is 0.209 e. The van der Waals surface area contributed by atoms with E-state index in [0.29, 0.717) is 43.7 Å². The summed E-state index contributed by atoms with van der Waals surface area (Å²) in [6.07, 6.45) is 5.64. The standard InChI is InChI=1S/C14H17NO3/c1-3-11-12(17)9-14(18-13(11)4-2)5-7-15(10-16)8-6-14/h3-4,10H,1-2,5-9H2. The number of ketones is 1. The quantitative estimate of drug-likeness (QED) is 0.711. The third kappa shape index (κ3) is 2.10. The summed E-state index contributed by atoms with van der Waals surface area (Å²) in [4.78, 5) is 24.5. The molecule has 0 aromatic rings. The van der Waals surface area contributed by atoms with E-state index in [0.717, 1.165) is 6.41 Å². The van der Waals surface area contributed by atoms with Crippen LogP contribution in [-0.2, 0) is 14.3 Å². The highest BCUT2D eigenvalue weighted by molar-refractivity contribution is 6.00. The SMILES string of the molecule is C=CC1=C(C=C)C(=O)CC2(CCN(C=O)CC2)O1. The topological polar surface area (TPSA) is 46.6 Å². The number of ether oxygens (including phenoxy) is 1. The molecule has 4 heteroatoms. The zero-order valence-electron chi connectivity index (χ0n) is 10.4. The predicted octanol–water partition coefficient (Wildman–Crippen LogP) is 1.59. The van der Waals surface area contributed by atoms with Crippen LogP contribution in [0.2, 0.25) is 0 Å². The summed E-state index contributed by atoms with van der Waals surface area (Å²) in [5, 5.41) is 0. The second-order valence-corrected chi connectivity index (χ2v) is 4.71. The Hall–Kier alpha value is -1.84. The average Bonchev–Trinajstić information content (AvgIpc) is 2.39. The first-order valence-corrected chi connectivity index (χ1v) is 6.05. The minimum Gasteiger partial charge on any atom is -0.486 e. The Labute approximate surface area is 107 Å². The maximum Gasteiger partial charge on any atom is 0.209 e. The molecule has 0 saturated carbocycles. The number of nitrogens with zero attached hydrogens (tertiary/aromatic N) is 1. The van der Waals surface area contributed by atoms with Crippen molar-refractivity contribution in [1.29, 1.82) is 0 Å². The van der Waals surface area contributed by atoms with Gasteiger partial charge in [-0.15, -0.1) is 0 Å². The minimum atomic E-state index is -0.466. The third-order valence-electron chi connectivity index (χ3n) is 3.62. The van der Waals surface area contributed by atoms with Crippen molar-refractivity contribution >= 4 is 12.2 Å². The Bertz CT molecular complexity index is 428. The van der Waals surface area contributed by atoms with Crippen LogP contribution in [0.25, 0.3) is 0 Å². The molecule has 0 unspecified atom stereocenters. The lowest BCUT2D eigenvalue weighted by Crippen LogP contribution is -2.48. The fourth-order valence-corrected chi connectivity index (χ4v) is 2.53. The maximum atomic E-state index is 12.1. The van der Waals surface area contributed by atoms with Gasteiger partial charge in [-0.25, -0.2) is 0 Å². The Balaban J connectivity index is 2.22. The molecule has 2 aliphatic rings. The number of likely N-dealkylation sites (tertiary alicyclic amines) is 1. The molecular weight excluding hydrogens is 230 g/mol. The number of amides is 1. The van der Waals surface area contributed by atoms with Crippen LogP contribution in [-0.4, -0.2) is 35.8 Å². The van der Waals surface area contributed by atoms with E-state index in [2.05, 4.69) is 13.2 Å². The Morgan fingerprint density at radius 2 is 1.89 bits per heavy atom. The van der Waals surface area contributed by atoms with E-state index in [9.17, 15) is 9.59 Å². The molecule has 0 aromatic heterocycles. The monoisotopic (exact) mass is 247 g/mol. The van der Waals surface area contributed by atoms with E-state index in [1.54, 1.807) is 11.0 Å². The number of piperidine rings is 1. The van der Waals surface area contributed by atoms with Gasteiger partial charge in [0, 0.05) is 25.9 Å². The Morgan fingerprint density at radius 3 is 2.39 bits per heavy atom. The van der Waals surface area contributed by atoms with E-state index >= 15 is 0 Å². The van der Waals surface area contributed by atoms with E-state index in [1.807, 2.05) is 0 Å². The Kier molecular flexibility index (Phi) is 3.36. The molecule has 0 aromatic carbocycles. The molecule has 2 heterocycles. The zero-order chi connectivity index (χ0) is 13.2. The van der Waals surface area contributed by atoms with Crippen molar-refractivity contribution in [1.82, 2.24) is 4.90 Å². The summed E-state index contributed by atoms with van der Waals surface area (Å²) in [6, 6.07) is 0. The van der Waals surface area contributed by atoms with Gasteiger partial charge in [-0.3, -0.25) is 9.59 Å². The van der Waals surface area contributed by atoms with Crippen LogP contribution in [0.4, 0.5) is 0 Å². The molecule has 0 bridgehead atoms. The molecule has 1 saturated heterocycles. The van der Waals surface area contributed by atoms with Gasteiger partial charge >= 0.3 is 0 Å². The molecule has 4 nitrogen and oxygen atoms in total. The van der Waals surface area contributed by atoms with Gasteiger partial charge in [-0.2, -0.15) is 0 Å².